The molecule has 0 radical (unpaired) electrons. The van der Waals surface area contributed by atoms with Gasteiger partial charge in [-0.05, 0) is 23.6 Å². The Morgan fingerprint density at radius 3 is 3.15 bits per heavy atom. The van der Waals surface area contributed by atoms with Crippen LogP contribution in [0.15, 0.2) is 35.8 Å². The molecular formula is C13H14N4O2S. The Kier molecular flexibility index (Phi) is 3.78. The SMILES string of the molecule is O=C(Nc1cccs1)N1CCC(Oc2cccnn2)C1. The molecule has 2 aromatic rings. The van der Waals surface area contributed by atoms with E-state index in [4.69, 9.17) is 4.74 Å². The number of hydrogen-bond donors (Lipinski definition) is 1. The summed E-state index contributed by atoms with van der Waals surface area (Å²) in [5.41, 5.74) is 0. The number of amides is 2. The van der Waals surface area contributed by atoms with Crippen LogP contribution in [0.25, 0.3) is 0 Å². The Bertz CT molecular complexity index is 561. The van der Waals surface area contributed by atoms with E-state index < -0.39 is 0 Å². The molecule has 2 aromatic heterocycles. The van der Waals surface area contributed by atoms with Crippen LogP contribution < -0.4 is 10.1 Å². The average Bonchev–Trinajstić information content (AvgIpc) is 3.11. The first-order valence-electron chi connectivity index (χ1n) is 6.35. The highest BCUT2D eigenvalue weighted by atomic mass is 32.1. The number of nitrogens with zero attached hydrogens (tertiary/aromatic N) is 3. The van der Waals surface area contributed by atoms with Gasteiger partial charge < -0.3 is 9.64 Å². The average molecular weight is 290 g/mol. The van der Waals surface area contributed by atoms with Crippen molar-refractivity contribution in [2.24, 2.45) is 0 Å². The number of nitrogens with one attached hydrogen (secondary N) is 1. The molecule has 2 amide bonds. The number of carbonyl (C=O) groups excluding carboxylic acids is 1. The fourth-order valence-electron chi connectivity index (χ4n) is 2.06. The number of anilines is 1. The highest BCUT2D eigenvalue weighted by molar-refractivity contribution is 7.14. The van der Waals surface area contributed by atoms with Crippen molar-refractivity contribution >= 4 is 22.4 Å². The van der Waals surface area contributed by atoms with Gasteiger partial charge in [0.25, 0.3) is 0 Å². The van der Waals surface area contributed by atoms with E-state index in [1.165, 1.54) is 11.3 Å². The molecule has 104 valence electrons. The molecule has 0 aromatic carbocycles. The number of ether oxygens (including phenoxy) is 1. The Morgan fingerprint density at radius 2 is 2.40 bits per heavy atom. The van der Waals surface area contributed by atoms with Gasteiger partial charge in [0, 0.05) is 25.2 Å². The van der Waals surface area contributed by atoms with Gasteiger partial charge in [0.15, 0.2) is 0 Å². The topological polar surface area (TPSA) is 67.4 Å². The molecule has 20 heavy (non-hydrogen) atoms. The van der Waals surface area contributed by atoms with Crippen molar-refractivity contribution in [1.82, 2.24) is 15.1 Å². The Morgan fingerprint density at radius 1 is 1.45 bits per heavy atom. The van der Waals surface area contributed by atoms with E-state index in [-0.39, 0.29) is 12.1 Å². The monoisotopic (exact) mass is 290 g/mol. The number of likely N-dealkylation sites (tertiary alicyclic amines) is 1. The van der Waals surface area contributed by atoms with Crippen molar-refractivity contribution in [2.75, 3.05) is 18.4 Å². The van der Waals surface area contributed by atoms with Crippen LogP contribution >= 0.6 is 11.3 Å². The molecule has 1 aliphatic heterocycles. The molecular weight excluding hydrogens is 276 g/mol. The standard InChI is InChI=1S/C13H14N4O2S/c18-13(15-12-4-2-8-20-12)17-7-5-10(9-17)19-11-3-1-6-14-16-11/h1-4,6,8,10H,5,7,9H2,(H,15,18). The molecule has 6 nitrogen and oxygen atoms in total. The fourth-order valence-corrected chi connectivity index (χ4v) is 2.67. The summed E-state index contributed by atoms with van der Waals surface area (Å²) in [5, 5.41) is 13.3. The molecule has 0 saturated carbocycles. The lowest BCUT2D eigenvalue weighted by molar-refractivity contribution is 0.188. The summed E-state index contributed by atoms with van der Waals surface area (Å²) in [6.45, 7) is 1.25. The van der Waals surface area contributed by atoms with E-state index in [2.05, 4.69) is 15.5 Å². The summed E-state index contributed by atoms with van der Waals surface area (Å²) in [7, 11) is 0. The number of rotatable bonds is 3. The maximum absolute atomic E-state index is 12.0. The van der Waals surface area contributed by atoms with Crippen LogP contribution in [0.3, 0.4) is 0 Å². The lowest BCUT2D eigenvalue weighted by Gasteiger charge is -2.16. The van der Waals surface area contributed by atoms with Gasteiger partial charge >= 0.3 is 6.03 Å². The Hall–Kier alpha value is -2.15. The lowest BCUT2D eigenvalue weighted by Crippen LogP contribution is -2.34. The minimum absolute atomic E-state index is 0.0271. The number of urea groups is 1. The number of carbonyl (C=O) groups is 1. The van der Waals surface area contributed by atoms with Crippen molar-refractivity contribution < 1.29 is 9.53 Å². The molecule has 1 saturated heterocycles. The van der Waals surface area contributed by atoms with E-state index in [1.807, 2.05) is 17.5 Å². The first-order valence-corrected chi connectivity index (χ1v) is 7.23. The molecule has 1 N–H and O–H groups in total. The van der Waals surface area contributed by atoms with Crippen LogP contribution in [0.4, 0.5) is 9.80 Å². The van der Waals surface area contributed by atoms with E-state index in [1.54, 1.807) is 23.2 Å². The second kappa shape index (κ2) is 5.87. The fraction of sp³-hybridized carbons (Fsp3) is 0.308. The molecule has 0 spiro atoms. The minimum atomic E-state index is -0.0855. The number of thiophene rings is 1. The summed E-state index contributed by atoms with van der Waals surface area (Å²) in [4.78, 5) is 13.8. The molecule has 0 aliphatic carbocycles. The van der Waals surface area contributed by atoms with Crippen molar-refractivity contribution in [3.8, 4) is 5.88 Å². The minimum Gasteiger partial charge on any atom is -0.471 e. The van der Waals surface area contributed by atoms with Gasteiger partial charge in [-0.1, -0.05) is 0 Å². The Balaban J connectivity index is 1.53. The number of aromatic nitrogens is 2. The van der Waals surface area contributed by atoms with Crippen LogP contribution in [0.2, 0.25) is 0 Å². The molecule has 1 atom stereocenters. The predicted molar refractivity (Wildman–Crippen MR) is 76.0 cm³/mol. The first kappa shape index (κ1) is 12.9. The van der Waals surface area contributed by atoms with Gasteiger partial charge in [0.2, 0.25) is 5.88 Å². The highest BCUT2D eigenvalue weighted by Crippen LogP contribution is 2.19. The van der Waals surface area contributed by atoms with Gasteiger partial charge in [-0.3, -0.25) is 5.32 Å². The normalized spacial score (nSPS) is 18.0. The van der Waals surface area contributed by atoms with E-state index in [0.717, 1.165) is 11.4 Å². The van der Waals surface area contributed by atoms with Gasteiger partial charge in [0.1, 0.15) is 6.10 Å². The molecule has 7 heteroatoms. The van der Waals surface area contributed by atoms with Gasteiger partial charge in [0.05, 0.1) is 11.5 Å². The summed E-state index contributed by atoms with van der Waals surface area (Å²) in [6.07, 6.45) is 2.37. The molecule has 1 unspecified atom stereocenters. The quantitative estimate of drug-likeness (QED) is 0.941. The van der Waals surface area contributed by atoms with E-state index >= 15 is 0 Å². The molecule has 3 rings (SSSR count). The maximum Gasteiger partial charge on any atom is 0.322 e. The predicted octanol–water partition coefficient (Wildman–Crippen LogP) is 2.22. The van der Waals surface area contributed by atoms with E-state index in [9.17, 15) is 4.79 Å². The lowest BCUT2D eigenvalue weighted by atomic mass is 10.3. The van der Waals surface area contributed by atoms with Crippen LogP contribution in [-0.2, 0) is 0 Å². The van der Waals surface area contributed by atoms with Gasteiger partial charge in [-0.25, -0.2) is 4.79 Å². The second-order valence-electron chi connectivity index (χ2n) is 4.44. The third-order valence-electron chi connectivity index (χ3n) is 3.02. The van der Waals surface area contributed by atoms with Crippen LogP contribution in [0.5, 0.6) is 5.88 Å². The zero-order valence-corrected chi connectivity index (χ0v) is 11.5. The first-order chi connectivity index (χ1) is 9.81. The van der Waals surface area contributed by atoms with Crippen molar-refractivity contribution in [3.63, 3.8) is 0 Å². The second-order valence-corrected chi connectivity index (χ2v) is 5.39. The number of hydrogen-bond acceptors (Lipinski definition) is 5. The largest absolute Gasteiger partial charge is 0.471 e. The van der Waals surface area contributed by atoms with Crippen molar-refractivity contribution in [1.29, 1.82) is 0 Å². The van der Waals surface area contributed by atoms with Gasteiger partial charge in [-0.15, -0.1) is 16.4 Å². The summed E-state index contributed by atoms with van der Waals surface area (Å²) >= 11 is 1.51. The van der Waals surface area contributed by atoms with Crippen LogP contribution in [0.1, 0.15) is 6.42 Å². The molecule has 0 bridgehead atoms. The highest BCUT2D eigenvalue weighted by Gasteiger charge is 2.28. The maximum atomic E-state index is 12.0. The smallest absolute Gasteiger partial charge is 0.322 e. The summed E-state index contributed by atoms with van der Waals surface area (Å²) in [6, 6.07) is 7.24. The van der Waals surface area contributed by atoms with Crippen LogP contribution in [0, 0.1) is 0 Å². The van der Waals surface area contributed by atoms with E-state index in [0.29, 0.717) is 19.0 Å². The zero-order chi connectivity index (χ0) is 13.8. The van der Waals surface area contributed by atoms with Crippen molar-refractivity contribution in [3.05, 3.63) is 35.8 Å². The zero-order valence-electron chi connectivity index (χ0n) is 10.7. The van der Waals surface area contributed by atoms with Crippen molar-refractivity contribution in [2.45, 2.75) is 12.5 Å². The van der Waals surface area contributed by atoms with Gasteiger partial charge in [-0.2, -0.15) is 5.10 Å². The Labute approximate surface area is 120 Å². The molecule has 1 fully saturated rings. The molecule has 1 aliphatic rings. The third kappa shape index (κ3) is 3.05. The summed E-state index contributed by atoms with van der Waals surface area (Å²) in [5.74, 6) is 0.498. The summed E-state index contributed by atoms with van der Waals surface area (Å²) < 4.78 is 5.70. The van der Waals surface area contributed by atoms with Crippen LogP contribution in [-0.4, -0.2) is 40.3 Å². The third-order valence-corrected chi connectivity index (χ3v) is 3.80. The molecule has 3 heterocycles.